The van der Waals surface area contributed by atoms with Crippen molar-refractivity contribution in [2.75, 3.05) is 19.8 Å². The molecule has 268 valence electrons. The van der Waals surface area contributed by atoms with Crippen LogP contribution in [0.4, 0.5) is 0 Å². The zero-order chi connectivity index (χ0) is 34.0. The predicted molar refractivity (Wildman–Crippen MR) is 141 cm³/mol. The molecule has 19 atom stereocenters. The second-order valence-corrected chi connectivity index (χ2v) is 11.3. The molecule has 0 saturated carbocycles. The van der Waals surface area contributed by atoms with Gasteiger partial charge in [0.15, 0.2) is 31.1 Å². The quantitative estimate of drug-likeness (QED) is 0.0805. The monoisotopic (exact) mass is 677 g/mol. The van der Waals surface area contributed by atoms with Gasteiger partial charge in [-0.3, -0.25) is 0 Å². The molecule has 0 radical (unpaired) electrons. The highest BCUT2D eigenvalue weighted by Crippen LogP contribution is 2.32. The Hall–Kier alpha value is -1.29. The molecule has 46 heavy (non-hydrogen) atoms. The van der Waals surface area contributed by atoms with Gasteiger partial charge in [0.1, 0.15) is 79.3 Å². The van der Waals surface area contributed by atoms with Crippen molar-refractivity contribution in [2.24, 2.45) is 4.99 Å². The molecule has 4 rings (SSSR count). The van der Waals surface area contributed by atoms with E-state index in [1.165, 1.54) is 6.92 Å². The van der Waals surface area contributed by atoms with Gasteiger partial charge in [-0.2, -0.15) is 0 Å². The third kappa shape index (κ3) is 7.94. The molecule has 3 fully saturated rings. The van der Waals surface area contributed by atoms with Crippen molar-refractivity contribution in [3.05, 3.63) is 0 Å². The van der Waals surface area contributed by atoms with Crippen LogP contribution in [0.1, 0.15) is 13.3 Å². The summed E-state index contributed by atoms with van der Waals surface area (Å²) >= 11 is 0. The van der Waals surface area contributed by atoms with E-state index in [1.807, 2.05) is 0 Å². The number of hydrogen-bond donors (Lipinski definition) is 13. The average Bonchev–Trinajstić information content (AvgIpc) is 3.42. The lowest BCUT2D eigenvalue weighted by Crippen LogP contribution is -2.64. The molecule has 21 nitrogen and oxygen atoms in total. The van der Waals surface area contributed by atoms with Crippen molar-refractivity contribution in [1.29, 1.82) is 0 Å². The van der Waals surface area contributed by atoms with Gasteiger partial charge in [-0.05, 0) is 6.42 Å². The minimum atomic E-state index is -2.21. The summed E-state index contributed by atoms with van der Waals surface area (Å²) in [7, 11) is 0. The fourth-order valence-electron chi connectivity index (χ4n) is 5.41. The highest BCUT2D eigenvalue weighted by molar-refractivity contribution is 5.75. The van der Waals surface area contributed by atoms with E-state index >= 15 is 0 Å². The van der Waals surface area contributed by atoms with Crippen LogP contribution < -0.4 is 0 Å². The number of ether oxygens (including phenoxy) is 7. The minimum absolute atomic E-state index is 0.207. The largest absolute Gasteiger partial charge is 0.450 e. The number of hydrogen-bond acceptors (Lipinski definition) is 21. The first kappa shape index (κ1) is 37.5. The smallest absolute Gasteiger partial charge is 0.227 e. The van der Waals surface area contributed by atoms with Crippen LogP contribution in [-0.2, 0) is 33.2 Å². The second kappa shape index (κ2) is 15.9. The third-order valence-electron chi connectivity index (χ3n) is 8.13. The molecule has 7 unspecified atom stereocenters. The standard InChI is InChI=1S/C25H43NO20/c1-6-26-10-13(32)19(9(5-28)43-23(10)41-6)44-21(38)16(35)11(30)7(29)2-3-40-25-20(15(34)17(36)22(39)46-25)45-24-18(37)14(33)12(31)8(4-27)42-24/h7-25,27-39H,2-5H2,1H3/t7-,8?,9?,10?,11+,12-,13-,14+,15?,16?,17+,18?,19-,20-,21+,22?,23+,24-,25+/m1/s1. The molecule has 4 aliphatic rings. The Morgan fingerprint density at radius 1 is 0.717 bits per heavy atom. The van der Waals surface area contributed by atoms with E-state index < -0.39 is 143 Å². The molecular formula is C25H43NO20. The maximum atomic E-state index is 10.7. The van der Waals surface area contributed by atoms with Gasteiger partial charge >= 0.3 is 0 Å². The molecular weight excluding hydrogens is 634 g/mol. The van der Waals surface area contributed by atoms with Gasteiger partial charge in [-0.15, -0.1) is 0 Å². The van der Waals surface area contributed by atoms with E-state index in [1.54, 1.807) is 0 Å². The van der Waals surface area contributed by atoms with Gasteiger partial charge < -0.3 is 99.5 Å². The van der Waals surface area contributed by atoms with Gasteiger partial charge in [-0.25, -0.2) is 4.99 Å². The van der Waals surface area contributed by atoms with Gasteiger partial charge in [0.2, 0.25) is 6.29 Å². The topological polar surface area (TPSA) is 340 Å². The molecule has 4 aliphatic heterocycles. The summed E-state index contributed by atoms with van der Waals surface area (Å²) in [6, 6.07) is -0.960. The van der Waals surface area contributed by atoms with Crippen LogP contribution in [0, 0.1) is 0 Å². The summed E-state index contributed by atoms with van der Waals surface area (Å²) in [6.45, 7) is -0.495. The van der Waals surface area contributed by atoms with E-state index in [-0.39, 0.29) is 5.90 Å². The Balaban J connectivity index is 1.32. The van der Waals surface area contributed by atoms with Crippen LogP contribution in [0.3, 0.4) is 0 Å². The third-order valence-corrected chi connectivity index (χ3v) is 8.13. The maximum absolute atomic E-state index is 10.7. The van der Waals surface area contributed by atoms with Crippen molar-refractivity contribution >= 4 is 5.90 Å². The van der Waals surface area contributed by atoms with E-state index in [2.05, 4.69) is 4.99 Å². The lowest BCUT2D eigenvalue weighted by atomic mass is 9.97. The second-order valence-electron chi connectivity index (χ2n) is 11.3. The van der Waals surface area contributed by atoms with Crippen molar-refractivity contribution in [3.8, 4) is 0 Å². The number of aliphatic imine (C=N–C) groups is 1. The zero-order valence-electron chi connectivity index (χ0n) is 24.4. The van der Waals surface area contributed by atoms with Crippen LogP contribution in [0.5, 0.6) is 0 Å². The van der Waals surface area contributed by atoms with Crippen molar-refractivity contribution < 1.29 is 99.5 Å². The molecule has 0 aromatic heterocycles. The average molecular weight is 678 g/mol. The molecule has 0 amide bonds. The highest BCUT2D eigenvalue weighted by atomic mass is 16.8. The number of aliphatic hydroxyl groups excluding tert-OH is 13. The molecule has 3 saturated heterocycles. The van der Waals surface area contributed by atoms with Crippen LogP contribution in [0.15, 0.2) is 4.99 Å². The minimum Gasteiger partial charge on any atom is -0.450 e. The van der Waals surface area contributed by atoms with Crippen LogP contribution >= 0.6 is 0 Å². The Bertz CT molecular complexity index is 993. The number of fused-ring (bicyclic) bond motifs is 1. The zero-order valence-corrected chi connectivity index (χ0v) is 24.4. The normalized spacial score (nSPS) is 45.7. The molecule has 0 aliphatic carbocycles. The number of nitrogens with zero attached hydrogens (tertiary/aromatic N) is 1. The Kier molecular flexibility index (Phi) is 13.0. The molecule has 0 spiro atoms. The first-order valence-corrected chi connectivity index (χ1v) is 14.5. The van der Waals surface area contributed by atoms with E-state index in [9.17, 15) is 66.4 Å². The van der Waals surface area contributed by atoms with Gasteiger partial charge in [0.05, 0.1) is 25.9 Å². The van der Waals surface area contributed by atoms with Crippen LogP contribution in [-0.4, -0.2) is 209 Å². The highest BCUT2D eigenvalue weighted by Gasteiger charge is 2.52. The fourth-order valence-corrected chi connectivity index (χ4v) is 5.41. The molecule has 13 N–H and O–H groups in total. The van der Waals surface area contributed by atoms with Crippen LogP contribution in [0.2, 0.25) is 0 Å². The van der Waals surface area contributed by atoms with Crippen molar-refractivity contribution in [2.45, 2.75) is 130 Å². The lowest BCUT2D eigenvalue weighted by Gasteiger charge is -2.45. The van der Waals surface area contributed by atoms with E-state index in [0.717, 1.165) is 0 Å². The number of rotatable bonds is 13. The van der Waals surface area contributed by atoms with Gasteiger partial charge in [0.25, 0.3) is 0 Å². The summed E-state index contributed by atoms with van der Waals surface area (Å²) in [5.41, 5.74) is 0. The summed E-state index contributed by atoms with van der Waals surface area (Å²) < 4.78 is 37.3. The molecule has 0 bridgehead atoms. The van der Waals surface area contributed by atoms with Crippen LogP contribution in [0.25, 0.3) is 0 Å². The summed E-state index contributed by atoms with van der Waals surface area (Å²) in [4.78, 5) is 4.06. The Morgan fingerprint density at radius 2 is 1.39 bits per heavy atom. The molecule has 0 aromatic rings. The van der Waals surface area contributed by atoms with Crippen molar-refractivity contribution in [1.82, 2.24) is 0 Å². The first-order valence-electron chi connectivity index (χ1n) is 14.5. The summed E-state index contributed by atoms with van der Waals surface area (Å²) in [6.07, 6.45) is -31.9. The fraction of sp³-hybridized carbons (Fsp3) is 0.960. The molecule has 4 heterocycles. The van der Waals surface area contributed by atoms with Gasteiger partial charge in [0, 0.05) is 6.92 Å². The number of aliphatic hydroxyl groups is 13. The molecule has 21 heteroatoms. The SMILES string of the molecule is CC1=NC2[C@@H](O1)OC(CO)[C@@H](O[C@H](O)C(O)[C@@H](O)[C@H](O)CCO[C@H]1OC(O)[C@@H](O)C(O)[C@H]1O[C@H]1OC(CO)[C@@H](O)[C@H](O)C1O)[C@@H]2O. The van der Waals surface area contributed by atoms with E-state index in [4.69, 9.17) is 33.2 Å². The lowest BCUT2D eigenvalue weighted by molar-refractivity contribution is -0.384. The first-order chi connectivity index (χ1) is 21.7. The van der Waals surface area contributed by atoms with E-state index in [0.29, 0.717) is 0 Å². The van der Waals surface area contributed by atoms with Crippen molar-refractivity contribution in [3.63, 3.8) is 0 Å². The summed E-state index contributed by atoms with van der Waals surface area (Å²) in [5.74, 6) is 0.207. The Labute approximate surface area is 260 Å². The predicted octanol–water partition coefficient (Wildman–Crippen LogP) is -8.34. The Morgan fingerprint density at radius 3 is 2.04 bits per heavy atom. The maximum Gasteiger partial charge on any atom is 0.227 e. The van der Waals surface area contributed by atoms with Gasteiger partial charge in [-0.1, -0.05) is 0 Å². The summed E-state index contributed by atoms with van der Waals surface area (Å²) in [5, 5.41) is 132. The molecule has 0 aromatic carbocycles.